The lowest BCUT2D eigenvalue weighted by atomic mass is 9.73. The first-order valence-electron chi connectivity index (χ1n) is 10.1. The van der Waals surface area contributed by atoms with E-state index in [1.807, 2.05) is 44.6 Å². The van der Waals surface area contributed by atoms with Crippen molar-refractivity contribution in [3.05, 3.63) is 47.4 Å². The molecule has 3 heterocycles. The molecule has 0 spiro atoms. The normalized spacial score (nSPS) is 28.2. The molecule has 1 aromatic carbocycles. The molecular weight excluding hydrogens is 368 g/mol. The van der Waals surface area contributed by atoms with Crippen LogP contribution in [0.15, 0.2) is 46.6 Å². The molecule has 0 bridgehead atoms. The summed E-state index contributed by atoms with van der Waals surface area (Å²) in [5.74, 6) is 1.12. The SMILES string of the molecule is C[C@@H](Oc1ccc2ncc3c(c2c1)CCOC3)C1=C/[N+](=C\C2CC(C)(O)C2)N=N1. The Bertz CT molecular complexity index is 1050. The third-order valence-corrected chi connectivity index (χ3v) is 5.82. The Morgan fingerprint density at radius 1 is 1.38 bits per heavy atom. The van der Waals surface area contributed by atoms with Crippen molar-refractivity contribution < 1.29 is 19.3 Å². The van der Waals surface area contributed by atoms with E-state index in [2.05, 4.69) is 21.4 Å². The van der Waals surface area contributed by atoms with Crippen molar-refractivity contribution in [2.75, 3.05) is 6.61 Å². The lowest BCUT2D eigenvalue weighted by Gasteiger charge is -2.38. The van der Waals surface area contributed by atoms with Gasteiger partial charge < -0.3 is 14.6 Å². The molecular formula is C22H25N4O3+. The van der Waals surface area contributed by atoms with Gasteiger partial charge in [0.25, 0.3) is 5.70 Å². The number of benzene rings is 1. The summed E-state index contributed by atoms with van der Waals surface area (Å²) >= 11 is 0. The Kier molecular flexibility index (Phi) is 4.44. The monoisotopic (exact) mass is 393 g/mol. The molecule has 1 N–H and O–H groups in total. The zero-order chi connectivity index (χ0) is 20.0. The van der Waals surface area contributed by atoms with E-state index in [4.69, 9.17) is 9.47 Å². The van der Waals surface area contributed by atoms with Gasteiger partial charge in [-0.05, 0) is 62.4 Å². The number of aromatic nitrogens is 1. The molecule has 1 atom stereocenters. The van der Waals surface area contributed by atoms with Gasteiger partial charge in [0.1, 0.15) is 17.2 Å². The number of pyridine rings is 1. The summed E-state index contributed by atoms with van der Waals surface area (Å²) < 4.78 is 13.4. The summed E-state index contributed by atoms with van der Waals surface area (Å²) in [4.78, 5) is 4.54. The summed E-state index contributed by atoms with van der Waals surface area (Å²) in [7, 11) is 0. The minimum Gasteiger partial charge on any atom is -0.482 e. The van der Waals surface area contributed by atoms with Crippen LogP contribution in [0.1, 0.15) is 37.8 Å². The first-order valence-corrected chi connectivity index (χ1v) is 10.1. The van der Waals surface area contributed by atoms with E-state index in [9.17, 15) is 5.11 Å². The molecule has 0 radical (unpaired) electrons. The van der Waals surface area contributed by atoms with Crippen molar-refractivity contribution in [2.24, 2.45) is 16.3 Å². The smallest absolute Gasteiger partial charge is 0.261 e. The van der Waals surface area contributed by atoms with Gasteiger partial charge in [0.2, 0.25) is 0 Å². The van der Waals surface area contributed by atoms with Gasteiger partial charge in [-0.3, -0.25) is 4.98 Å². The molecule has 7 nitrogen and oxygen atoms in total. The molecule has 0 amide bonds. The van der Waals surface area contributed by atoms with Crippen LogP contribution in [-0.2, 0) is 17.8 Å². The fourth-order valence-corrected chi connectivity index (χ4v) is 4.32. The highest BCUT2D eigenvalue weighted by Gasteiger charge is 2.39. The number of aliphatic hydroxyl groups is 1. The van der Waals surface area contributed by atoms with Gasteiger partial charge in [-0.1, -0.05) is 0 Å². The second-order valence-corrected chi connectivity index (χ2v) is 8.44. The van der Waals surface area contributed by atoms with Crippen LogP contribution in [0.5, 0.6) is 5.75 Å². The van der Waals surface area contributed by atoms with Crippen LogP contribution < -0.4 is 4.74 Å². The van der Waals surface area contributed by atoms with Crippen molar-refractivity contribution >= 4 is 17.1 Å². The molecule has 0 unspecified atom stereocenters. The molecule has 1 saturated carbocycles. The largest absolute Gasteiger partial charge is 0.482 e. The van der Waals surface area contributed by atoms with Crippen LogP contribution in [0.2, 0.25) is 0 Å². The van der Waals surface area contributed by atoms with Gasteiger partial charge in [-0.25, -0.2) is 0 Å². The van der Waals surface area contributed by atoms with E-state index in [1.54, 1.807) is 4.68 Å². The van der Waals surface area contributed by atoms with Crippen molar-refractivity contribution in [3.63, 3.8) is 0 Å². The van der Waals surface area contributed by atoms with Crippen molar-refractivity contribution in [2.45, 2.75) is 51.4 Å². The van der Waals surface area contributed by atoms with Crippen LogP contribution in [0.3, 0.4) is 0 Å². The number of fused-ring (bicyclic) bond motifs is 3. The third kappa shape index (κ3) is 3.68. The quantitative estimate of drug-likeness (QED) is 0.806. The lowest BCUT2D eigenvalue weighted by Crippen LogP contribution is -2.42. The molecule has 7 heteroatoms. The zero-order valence-corrected chi connectivity index (χ0v) is 16.7. The molecule has 3 aliphatic rings. The third-order valence-electron chi connectivity index (χ3n) is 5.82. The summed E-state index contributed by atoms with van der Waals surface area (Å²) in [6, 6.07) is 6.01. The Morgan fingerprint density at radius 3 is 3.07 bits per heavy atom. The summed E-state index contributed by atoms with van der Waals surface area (Å²) in [6.07, 6.45) is 8.00. The highest BCUT2D eigenvalue weighted by molar-refractivity contribution is 5.84. The molecule has 29 heavy (non-hydrogen) atoms. The Balaban J connectivity index is 1.32. The Hall–Kier alpha value is -2.64. The standard InChI is InChI=1S/C22H25N4O3/c1-14(21-12-26(25-24-21)11-15-8-22(2,27)9-15)29-17-3-4-20-19(7-17)18-5-6-28-13-16(18)10-23-20/h3-4,7,10-12,14-15,27H,5-6,8-9,13H2,1-2H3/q+1/b26-11+/t14-,15?,22?/m1/s1. The first kappa shape index (κ1) is 18.4. The van der Waals surface area contributed by atoms with Crippen molar-refractivity contribution in [1.82, 2.24) is 4.98 Å². The number of rotatable bonds is 4. The molecule has 5 rings (SSSR count). The maximum Gasteiger partial charge on any atom is 0.261 e. The van der Waals surface area contributed by atoms with Crippen LogP contribution >= 0.6 is 0 Å². The average molecular weight is 393 g/mol. The van der Waals surface area contributed by atoms with Crippen molar-refractivity contribution in [1.29, 1.82) is 0 Å². The highest BCUT2D eigenvalue weighted by Crippen LogP contribution is 2.36. The molecule has 0 saturated heterocycles. The summed E-state index contributed by atoms with van der Waals surface area (Å²) in [5, 5.41) is 19.4. The predicted molar refractivity (Wildman–Crippen MR) is 108 cm³/mol. The number of ether oxygens (including phenoxy) is 2. The average Bonchev–Trinajstić information content (AvgIpc) is 3.15. The number of hydrogen-bond acceptors (Lipinski definition) is 6. The van der Waals surface area contributed by atoms with E-state index < -0.39 is 5.60 Å². The summed E-state index contributed by atoms with van der Waals surface area (Å²) in [5.41, 5.74) is 3.66. The molecule has 2 aromatic rings. The van der Waals surface area contributed by atoms with Crippen molar-refractivity contribution in [3.8, 4) is 5.75 Å². The molecule has 150 valence electrons. The fraction of sp³-hybridized carbons (Fsp3) is 0.455. The van der Waals surface area contributed by atoms with Crippen LogP contribution in [-0.4, -0.2) is 39.3 Å². The van der Waals surface area contributed by atoms with Crippen LogP contribution in [0.25, 0.3) is 10.9 Å². The fourth-order valence-electron chi connectivity index (χ4n) is 4.32. The topological polar surface area (TPSA) is 79.3 Å². The lowest BCUT2D eigenvalue weighted by molar-refractivity contribution is -0.462. The Morgan fingerprint density at radius 2 is 2.24 bits per heavy atom. The van der Waals surface area contributed by atoms with E-state index >= 15 is 0 Å². The first-order chi connectivity index (χ1) is 14.0. The predicted octanol–water partition coefficient (Wildman–Crippen LogP) is 3.54. The van der Waals surface area contributed by atoms with Gasteiger partial charge in [0.05, 0.1) is 29.4 Å². The maximum atomic E-state index is 9.87. The van der Waals surface area contributed by atoms with Crippen LogP contribution in [0.4, 0.5) is 0 Å². The van der Waals surface area contributed by atoms with Gasteiger partial charge in [-0.15, -0.1) is 4.68 Å². The van der Waals surface area contributed by atoms with Gasteiger partial charge >= 0.3 is 0 Å². The van der Waals surface area contributed by atoms with Gasteiger partial charge in [0.15, 0.2) is 12.3 Å². The minimum atomic E-state index is -0.544. The molecule has 1 aliphatic carbocycles. The molecule has 2 aliphatic heterocycles. The maximum absolute atomic E-state index is 9.87. The molecule has 1 fully saturated rings. The number of nitrogens with zero attached hydrogens (tertiary/aromatic N) is 4. The van der Waals surface area contributed by atoms with E-state index in [0.29, 0.717) is 12.5 Å². The van der Waals surface area contributed by atoms with Crippen LogP contribution in [0, 0.1) is 5.92 Å². The Labute approximate surface area is 169 Å². The van der Waals surface area contributed by atoms with Gasteiger partial charge in [0, 0.05) is 17.5 Å². The van der Waals surface area contributed by atoms with E-state index in [0.717, 1.165) is 53.8 Å². The second-order valence-electron chi connectivity index (χ2n) is 8.44. The molecule has 1 aromatic heterocycles. The number of hydrogen-bond donors (Lipinski definition) is 1. The summed E-state index contributed by atoms with van der Waals surface area (Å²) in [6.45, 7) is 5.20. The zero-order valence-electron chi connectivity index (χ0n) is 16.7. The highest BCUT2D eigenvalue weighted by atomic mass is 16.5. The second kappa shape index (κ2) is 7.00. The van der Waals surface area contributed by atoms with Gasteiger partial charge in [-0.2, -0.15) is 0 Å². The van der Waals surface area contributed by atoms with E-state index in [1.165, 1.54) is 5.56 Å². The van der Waals surface area contributed by atoms with E-state index in [-0.39, 0.29) is 6.10 Å². The minimum absolute atomic E-state index is 0.227.